The Hall–Kier alpha value is -3.12. The fourth-order valence-electron chi connectivity index (χ4n) is 3.12. The molecule has 0 unspecified atom stereocenters. The van der Waals surface area contributed by atoms with Crippen LogP contribution in [0.2, 0.25) is 0 Å². The van der Waals surface area contributed by atoms with Crippen molar-refractivity contribution in [3.63, 3.8) is 0 Å². The molecule has 1 heterocycles. The van der Waals surface area contributed by atoms with Crippen LogP contribution >= 0.6 is 0 Å². The highest BCUT2D eigenvalue weighted by Crippen LogP contribution is 2.08. The maximum absolute atomic E-state index is 4.31. The molecule has 0 aliphatic carbocycles. The zero-order valence-corrected chi connectivity index (χ0v) is 17.3. The van der Waals surface area contributed by atoms with E-state index in [-0.39, 0.29) is 0 Å². The molecule has 1 aromatic heterocycles. The van der Waals surface area contributed by atoms with E-state index in [0.29, 0.717) is 0 Å². The molecular weight excluding hydrogens is 360 g/mol. The molecule has 2 N–H and O–H groups in total. The first-order valence-corrected chi connectivity index (χ1v) is 10.0. The summed E-state index contributed by atoms with van der Waals surface area (Å²) < 4.78 is 1.86. The first-order valence-electron chi connectivity index (χ1n) is 10.0. The fourth-order valence-corrected chi connectivity index (χ4v) is 3.12. The van der Waals surface area contributed by atoms with Crippen LogP contribution in [0.5, 0.6) is 0 Å². The summed E-state index contributed by atoms with van der Waals surface area (Å²) >= 11 is 0. The monoisotopic (exact) mass is 390 g/mol. The summed E-state index contributed by atoms with van der Waals surface area (Å²) in [6.07, 6.45) is 4.67. The Morgan fingerprint density at radius 3 is 2.41 bits per heavy atom. The van der Waals surface area contributed by atoms with E-state index in [1.54, 1.807) is 6.20 Å². The molecule has 0 amide bonds. The highest BCUT2D eigenvalue weighted by atomic mass is 15.3. The molecule has 0 aliphatic heterocycles. The first kappa shape index (κ1) is 20.6. The van der Waals surface area contributed by atoms with Crippen molar-refractivity contribution in [2.24, 2.45) is 4.99 Å². The fraction of sp³-hybridized carbons (Fsp3) is 0.304. The van der Waals surface area contributed by atoms with Crippen LogP contribution in [0.15, 0.2) is 78.0 Å². The Labute approximate surface area is 173 Å². The van der Waals surface area contributed by atoms with E-state index in [0.717, 1.165) is 44.2 Å². The first-order chi connectivity index (χ1) is 14.2. The van der Waals surface area contributed by atoms with Gasteiger partial charge in [0.1, 0.15) is 0 Å². The van der Waals surface area contributed by atoms with Crippen LogP contribution in [0.1, 0.15) is 11.1 Å². The van der Waals surface area contributed by atoms with Crippen molar-refractivity contribution in [1.29, 1.82) is 0 Å². The molecule has 0 atom stereocenters. The molecule has 6 nitrogen and oxygen atoms in total. The van der Waals surface area contributed by atoms with Crippen LogP contribution in [-0.4, -0.2) is 54.4 Å². The zero-order chi connectivity index (χ0) is 20.3. The highest BCUT2D eigenvalue weighted by molar-refractivity contribution is 5.79. The van der Waals surface area contributed by atoms with Crippen molar-refractivity contribution in [3.05, 3.63) is 84.2 Å². The SMILES string of the molecule is CN=C(NCCc1ccc(-n2cccn2)cc1)NCCN(C)Cc1ccccc1. The van der Waals surface area contributed by atoms with E-state index >= 15 is 0 Å². The van der Waals surface area contributed by atoms with Crippen molar-refractivity contribution in [3.8, 4) is 5.69 Å². The number of likely N-dealkylation sites (N-methyl/N-ethyl adjacent to an activating group) is 1. The molecular formula is C23H30N6. The topological polar surface area (TPSA) is 57.5 Å². The third kappa shape index (κ3) is 6.76. The van der Waals surface area contributed by atoms with E-state index < -0.39 is 0 Å². The van der Waals surface area contributed by atoms with Crippen LogP contribution in [0.4, 0.5) is 0 Å². The second-order valence-electron chi connectivity index (χ2n) is 7.02. The molecule has 6 heteroatoms. The molecule has 0 spiro atoms. The predicted molar refractivity (Wildman–Crippen MR) is 119 cm³/mol. The summed E-state index contributed by atoms with van der Waals surface area (Å²) in [5.74, 6) is 0.839. The van der Waals surface area contributed by atoms with Crippen molar-refractivity contribution in [2.75, 3.05) is 33.7 Å². The molecule has 0 saturated heterocycles. The lowest BCUT2D eigenvalue weighted by molar-refractivity contribution is 0.331. The smallest absolute Gasteiger partial charge is 0.191 e. The van der Waals surface area contributed by atoms with Gasteiger partial charge >= 0.3 is 0 Å². The van der Waals surface area contributed by atoms with Crippen molar-refractivity contribution < 1.29 is 0 Å². The van der Waals surface area contributed by atoms with Crippen LogP contribution in [0, 0.1) is 0 Å². The van der Waals surface area contributed by atoms with Gasteiger partial charge in [0.2, 0.25) is 0 Å². The number of guanidine groups is 1. The lowest BCUT2D eigenvalue weighted by Gasteiger charge is -2.18. The highest BCUT2D eigenvalue weighted by Gasteiger charge is 2.02. The van der Waals surface area contributed by atoms with Gasteiger partial charge in [-0.25, -0.2) is 4.68 Å². The lowest BCUT2D eigenvalue weighted by Crippen LogP contribution is -2.41. The predicted octanol–water partition coefficient (Wildman–Crippen LogP) is 2.71. The third-order valence-corrected chi connectivity index (χ3v) is 4.72. The summed E-state index contributed by atoms with van der Waals surface area (Å²) in [6.45, 7) is 3.58. The molecule has 0 radical (unpaired) electrons. The minimum Gasteiger partial charge on any atom is -0.356 e. The number of benzene rings is 2. The van der Waals surface area contributed by atoms with Crippen molar-refractivity contribution >= 4 is 5.96 Å². The van der Waals surface area contributed by atoms with Crippen LogP contribution in [0.25, 0.3) is 5.69 Å². The van der Waals surface area contributed by atoms with Gasteiger partial charge in [0.05, 0.1) is 5.69 Å². The molecule has 2 aromatic carbocycles. The molecule has 0 saturated carbocycles. The molecule has 3 aromatic rings. The second-order valence-corrected chi connectivity index (χ2v) is 7.02. The van der Waals surface area contributed by atoms with E-state index in [1.165, 1.54) is 11.1 Å². The van der Waals surface area contributed by atoms with Gasteiger partial charge in [-0.05, 0) is 42.8 Å². The van der Waals surface area contributed by atoms with Gasteiger partial charge in [-0.2, -0.15) is 5.10 Å². The van der Waals surface area contributed by atoms with E-state index in [4.69, 9.17) is 0 Å². The van der Waals surface area contributed by atoms with Gasteiger partial charge in [-0.3, -0.25) is 4.99 Å². The maximum Gasteiger partial charge on any atom is 0.191 e. The summed E-state index contributed by atoms with van der Waals surface area (Å²) in [5.41, 5.74) is 3.69. The summed E-state index contributed by atoms with van der Waals surface area (Å²) in [7, 11) is 3.94. The van der Waals surface area contributed by atoms with Crippen molar-refractivity contribution in [1.82, 2.24) is 25.3 Å². The van der Waals surface area contributed by atoms with E-state index in [2.05, 4.69) is 87.3 Å². The standard InChI is InChI=1S/C23H30N6/c1-24-23(26-16-18-28(2)19-21-7-4-3-5-8-21)25-15-13-20-9-11-22(12-10-20)29-17-6-14-27-29/h3-12,14,17H,13,15-16,18-19H2,1-2H3,(H2,24,25,26). The van der Waals surface area contributed by atoms with Gasteiger partial charge < -0.3 is 15.5 Å². The van der Waals surface area contributed by atoms with E-state index in [1.807, 2.05) is 24.0 Å². The number of rotatable bonds is 9. The Kier molecular flexibility index (Phi) is 7.83. The normalized spacial score (nSPS) is 11.6. The minimum absolute atomic E-state index is 0.834. The van der Waals surface area contributed by atoms with Gasteiger partial charge in [0, 0.05) is 45.6 Å². The van der Waals surface area contributed by atoms with Crippen LogP contribution in [0.3, 0.4) is 0 Å². The average molecular weight is 391 g/mol. The largest absolute Gasteiger partial charge is 0.356 e. The number of aromatic nitrogens is 2. The minimum atomic E-state index is 0.834. The van der Waals surface area contributed by atoms with Gasteiger partial charge in [-0.15, -0.1) is 0 Å². The molecule has 0 aliphatic rings. The molecule has 152 valence electrons. The van der Waals surface area contributed by atoms with Gasteiger partial charge in [0.15, 0.2) is 5.96 Å². The maximum atomic E-state index is 4.31. The van der Waals surface area contributed by atoms with Gasteiger partial charge in [0.25, 0.3) is 0 Å². The Bertz CT molecular complexity index is 856. The molecule has 0 bridgehead atoms. The summed E-state index contributed by atoms with van der Waals surface area (Å²) in [5, 5.41) is 11.0. The third-order valence-electron chi connectivity index (χ3n) is 4.72. The van der Waals surface area contributed by atoms with Crippen LogP contribution in [-0.2, 0) is 13.0 Å². The molecule has 29 heavy (non-hydrogen) atoms. The number of hydrogen-bond donors (Lipinski definition) is 2. The van der Waals surface area contributed by atoms with Crippen molar-refractivity contribution in [2.45, 2.75) is 13.0 Å². The Balaban J connectivity index is 1.35. The Morgan fingerprint density at radius 2 is 1.72 bits per heavy atom. The number of nitrogens with zero attached hydrogens (tertiary/aromatic N) is 4. The zero-order valence-electron chi connectivity index (χ0n) is 17.3. The quantitative estimate of drug-likeness (QED) is 0.436. The Morgan fingerprint density at radius 1 is 0.966 bits per heavy atom. The van der Waals surface area contributed by atoms with E-state index in [9.17, 15) is 0 Å². The van der Waals surface area contributed by atoms with Gasteiger partial charge in [-0.1, -0.05) is 42.5 Å². The number of aliphatic imine (C=N–C) groups is 1. The number of hydrogen-bond acceptors (Lipinski definition) is 3. The molecule has 3 rings (SSSR count). The summed E-state index contributed by atoms with van der Waals surface area (Å²) in [4.78, 5) is 6.61. The average Bonchev–Trinajstić information content (AvgIpc) is 3.29. The second kappa shape index (κ2) is 11.0. The molecule has 0 fully saturated rings. The lowest BCUT2D eigenvalue weighted by atomic mass is 10.1. The number of nitrogens with one attached hydrogen (secondary N) is 2. The van der Waals surface area contributed by atoms with Crippen LogP contribution < -0.4 is 10.6 Å². The summed E-state index contributed by atoms with van der Waals surface area (Å²) in [6, 6.07) is 20.9.